The van der Waals surface area contributed by atoms with Crippen molar-refractivity contribution in [3.05, 3.63) is 84.2 Å². The molecule has 2 aromatic rings. The minimum atomic E-state index is -5.19. The summed E-state index contributed by atoms with van der Waals surface area (Å²) >= 11 is 0. The second-order valence-electron chi connectivity index (χ2n) is 8.94. The van der Waals surface area contributed by atoms with Gasteiger partial charge < -0.3 is 4.74 Å². The second-order valence-corrected chi connectivity index (χ2v) is 8.94. The van der Waals surface area contributed by atoms with Crippen LogP contribution in [0.2, 0.25) is 0 Å². The summed E-state index contributed by atoms with van der Waals surface area (Å²) in [6.45, 7) is -0.226. The van der Waals surface area contributed by atoms with Gasteiger partial charge in [-0.2, -0.15) is 18.3 Å². The number of aromatic nitrogens is 4. The van der Waals surface area contributed by atoms with Crippen LogP contribution in [0, 0.1) is 11.6 Å². The van der Waals surface area contributed by atoms with Crippen molar-refractivity contribution in [1.29, 1.82) is 0 Å². The van der Waals surface area contributed by atoms with Crippen molar-refractivity contribution in [3.8, 4) is 22.8 Å². The lowest BCUT2D eigenvalue weighted by atomic mass is 9.73. The summed E-state index contributed by atoms with van der Waals surface area (Å²) in [4.78, 5) is 8.39. The van der Waals surface area contributed by atoms with Crippen LogP contribution in [-0.4, -0.2) is 44.3 Å². The standard InChI is InChI=1S/C26H20F6N4O/c1-37-24(11-10-18(16-6-3-2-4-7-16)25(29,14-24)26(30,31)32)15-36-13-21-20(12-33-36)34-23(35-21)17-8-5-9-19(27)22(17)28/h2-10,12-13H,11,14-15H2,1H3. The molecule has 2 atom stereocenters. The Hall–Kier alpha value is -3.73. The highest BCUT2D eigenvalue weighted by atomic mass is 19.4. The third kappa shape index (κ3) is 4.37. The van der Waals surface area contributed by atoms with Gasteiger partial charge in [0.1, 0.15) is 11.4 Å². The molecule has 11 heteroatoms. The molecule has 5 nitrogen and oxygen atoms in total. The van der Waals surface area contributed by atoms with Gasteiger partial charge in [0, 0.05) is 19.1 Å². The fraction of sp³-hybridized carbons (Fsp3) is 0.269. The number of halogens is 6. The van der Waals surface area contributed by atoms with Crippen LogP contribution < -0.4 is 0 Å². The van der Waals surface area contributed by atoms with E-state index in [0.717, 1.165) is 6.07 Å². The Morgan fingerprint density at radius 3 is 2.43 bits per heavy atom. The van der Waals surface area contributed by atoms with E-state index < -0.39 is 41.1 Å². The number of methoxy groups -OCH3 is 1. The van der Waals surface area contributed by atoms with Crippen molar-refractivity contribution in [2.45, 2.75) is 36.8 Å². The molecular formula is C26H20F6N4O. The molecule has 1 aliphatic carbocycles. The Labute approximate surface area is 207 Å². The number of ether oxygens (including phenoxy) is 1. The van der Waals surface area contributed by atoms with Gasteiger partial charge in [0.05, 0.1) is 30.1 Å². The molecule has 0 bridgehead atoms. The van der Waals surface area contributed by atoms with E-state index in [1.165, 1.54) is 54.5 Å². The Morgan fingerprint density at radius 2 is 1.73 bits per heavy atom. The molecule has 0 fully saturated rings. The summed E-state index contributed by atoms with van der Waals surface area (Å²) in [6.07, 6.45) is -2.26. The number of alkyl halides is 4. The highest BCUT2D eigenvalue weighted by molar-refractivity contribution is 5.74. The van der Waals surface area contributed by atoms with Gasteiger partial charge in [0.15, 0.2) is 17.5 Å². The van der Waals surface area contributed by atoms with Crippen molar-refractivity contribution in [3.63, 3.8) is 0 Å². The van der Waals surface area contributed by atoms with Crippen LogP contribution in [-0.2, 0) is 11.3 Å². The highest BCUT2D eigenvalue weighted by Gasteiger charge is 2.63. The van der Waals surface area contributed by atoms with Crippen molar-refractivity contribution in [1.82, 2.24) is 19.7 Å². The number of benzene rings is 2. The summed E-state index contributed by atoms with van der Waals surface area (Å²) in [5.74, 6) is -2.23. The first kappa shape index (κ1) is 24.9. The average Bonchev–Trinajstić information content (AvgIpc) is 3.29. The highest BCUT2D eigenvalue weighted by Crippen LogP contribution is 2.53. The van der Waals surface area contributed by atoms with Gasteiger partial charge in [0.25, 0.3) is 0 Å². The molecule has 0 N–H and O–H groups in total. The van der Waals surface area contributed by atoms with E-state index in [1.54, 1.807) is 18.2 Å². The lowest BCUT2D eigenvalue weighted by molar-refractivity contribution is -0.228. The van der Waals surface area contributed by atoms with Crippen molar-refractivity contribution in [2.75, 3.05) is 7.11 Å². The second kappa shape index (κ2) is 8.98. The average molecular weight is 518 g/mol. The summed E-state index contributed by atoms with van der Waals surface area (Å²) in [7, 11) is 1.23. The third-order valence-corrected chi connectivity index (χ3v) is 6.60. The molecule has 0 saturated carbocycles. The summed E-state index contributed by atoms with van der Waals surface area (Å²) in [5.41, 5.74) is -5.17. The molecule has 0 amide bonds. The largest absolute Gasteiger partial charge is 0.426 e. The number of allylic oxidation sites excluding steroid dienone is 1. The number of rotatable bonds is 5. The van der Waals surface area contributed by atoms with Crippen LogP contribution in [0.4, 0.5) is 26.3 Å². The molecule has 2 aliphatic heterocycles. The van der Waals surface area contributed by atoms with Gasteiger partial charge in [-0.05, 0) is 24.1 Å². The molecule has 2 unspecified atom stereocenters. The molecule has 0 radical (unpaired) electrons. The Bertz CT molecular complexity index is 1440. The molecule has 2 heterocycles. The molecule has 192 valence electrons. The zero-order valence-electron chi connectivity index (χ0n) is 19.4. The van der Waals surface area contributed by atoms with Crippen LogP contribution in [0.5, 0.6) is 0 Å². The van der Waals surface area contributed by atoms with Gasteiger partial charge in [-0.15, -0.1) is 0 Å². The Kier molecular flexibility index (Phi) is 6.06. The van der Waals surface area contributed by atoms with E-state index in [2.05, 4.69) is 15.1 Å². The van der Waals surface area contributed by atoms with Gasteiger partial charge in [0.2, 0.25) is 5.67 Å². The quantitative estimate of drug-likeness (QED) is 0.293. The van der Waals surface area contributed by atoms with Crippen molar-refractivity contribution in [2.24, 2.45) is 0 Å². The van der Waals surface area contributed by atoms with E-state index in [1.807, 2.05) is 0 Å². The molecular weight excluding hydrogens is 498 g/mol. The zero-order valence-corrected chi connectivity index (χ0v) is 19.4. The first-order valence-electron chi connectivity index (χ1n) is 11.3. The fourth-order valence-corrected chi connectivity index (χ4v) is 4.66. The third-order valence-electron chi connectivity index (χ3n) is 6.60. The lowest BCUT2D eigenvalue weighted by Gasteiger charge is -2.43. The Balaban J connectivity index is 1.50. The van der Waals surface area contributed by atoms with Crippen LogP contribution in [0.3, 0.4) is 0 Å². The smallest absolute Gasteiger partial charge is 0.376 e. The minimum Gasteiger partial charge on any atom is -0.376 e. The van der Waals surface area contributed by atoms with Crippen molar-refractivity contribution < 1.29 is 31.1 Å². The van der Waals surface area contributed by atoms with E-state index in [0.29, 0.717) is 0 Å². The van der Waals surface area contributed by atoms with E-state index in [9.17, 15) is 22.0 Å². The predicted molar refractivity (Wildman–Crippen MR) is 123 cm³/mol. The van der Waals surface area contributed by atoms with E-state index in [4.69, 9.17) is 4.74 Å². The van der Waals surface area contributed by atoms with Crippen LogP contribution >= 0.6 is 0 Å². The minimum absolute atomic E-state index is 0.00532. The summed E-state index contributed by atoms with van der Waals surface area (Å²) in [5, 5.41) is 4.17. The van der Waals surface area contributed by atoms with E-state index in [-0.39, 0.29) is 41.3 Å². The predicted octanol–water partition coefficient (Wildman–Crippen LogP) is 6.26. The van der Waals surface area contributed by atoms with E-state index >= 15 is 4.39 Å². The first-order chi connectivity index (χ1) is 17.6. The molecule has 0 aromatic heterocycles. The van der Waals surface area contributed by atoms with Gasteiger partial charge in [-0.1, -0.05) is 42.5 Å². The van der Waals surface area contributed by atoms with Crippen LogP contribution in [0.15, 0.2) is 67.0 Å². The topological polar surface area (TPSA) is 52.8 Å². The number of imidazole rings is 1. The maximum Gasteiger partial charge on any atom is 0.426 e. The number of nitrogens with zero attached hydrogens (tertiary/aromatic N) is 4. The van der Waals surface area contributed by atoms with Crippen LogP contribution in [0.1, 0.15) is 18.4 Å². The molecule has 2 aromatic carbocycles. The van der Waals surface area contributed by atoms with Gasteiger partial charge in [-0.25, -0.2) is 23.1 Å². The number of hydrogen-bond acceptors (Lipinski definition) is 4. The normalized spacial score (nSPS) is 22.3. The molecule has 0 saturated heterocycles. The number of hydrogen-bond donors (Lipinski definition) is 0. The Morgan fingerprint density at radius 1 is 1.00 bits per heavy atom. The van der Waals surface area contributed by atoms with Gasteiger partial charge >= 0.3 is 6.18 Å². The first-order valence-corrected chi connectivity index (χ1v) is 11.3. The SMILES string of the molecule is COC1(Cn2cc3nc(-c4cccc(F)c4F)nc-3cn2)CC=C(c2ccccc2)C(F)(C(F)(F)F)C1. The summed E-state index contributed by atoms with van der Waals surface area (Å²) in [6, 6.07) is 11.2. The fourth-order valence-electron chi connectivity index (χ4n) is 4.66. The van der Waals surface area contributed by atoms with Crippen molar-refractivity contribution >= 4 is 5.57 Å². The van der Waals surface area contributed by atoms with Gasteiger partial charge in [-0.3, -0.25) is 4.68 Å². The molecule has 3 aliphatic rings. The monoisotopic (exact) mass is 518 g/mol. The summed E-state index contributed by atoms with van der Waals surface area (Å²) < 4.78 is 93.0. The zero-order chi connectivity index (χ0) is 26.4. The lowest BCUT2D eigenvalue weighted by Crippen LogP contribution is -2.53. The molecule has 37 heavy (non-hydrogen) atoms. The maximum atomic E-state index is 15.9. The van der Waals surface area contributed by atoms with Crippen LogP contribution in [0.25, 0.3) is 28.3 Å². The number of fused-ring (bicyclic) bond motifs is 1. The maximum absolute atomic E-state index is 15.9. The molecule has 5 rings (SSSR count). The molecule has 0 spiro atoms.